The highest BCUT2D eigenvalue weighted by atomic mass is 35.5. The van der Waals surface area contributed by atoms with E-state index in [-0.39, 0.29) is 12.2 Å². The van der Waals surface area contributed by atoms with E-state index in [4.69, 9.17) is 23.2 Å². The molecule has 0 radical (unpaired) electrons. The molecule has 0 aliphatic heterocycles. The molecule has 0 bridgehead atoms. The quantitative estimate of drug-likeness (QED) is 0.635. The van der Waals surface area contributed by atoms with Gasteiger partial charge in [0.1, 0.15) is 0 Å². The molecule has 0 aliphatic rings. The number of carbonyl (C=O) groups excluding carboxylic acids is 1. The summed E-state index contributed by atoms with van der Waals surface area (Å²) in [5.41, 5.74) is 3.26. The number of carbonyl (C=O) groups is 1. The lowest BCUT2D eigenvalue weighted by Gasteiger charge is -2.05. The van der Waals surface area contributed by atoms with Crippen LogP contribution >= 0.6 is 23.2 Å². The Balaban J connectivity index is 1.83. The Labute approximate surface area is 143 Å². The van der Waals surface area contributed by atoms with Crippen LogP contribution in [0.1, 0.15) is 16.1 Å². The molecule has 0 aliphatic carbocycles. The summed E-state index contributed by atoms with van der Waals surface area (Å²) >= 11 is 11.8. The number of hydrogen-bond donors (Lipinski definition) is 0. The zero-order valence-electron chi connectivity index (χ0n) is 12.0. The highest BCUT2D eigenvalue weighted by Crippen LogP contribution is 2.24. The van der Waals surface area contributed by atoms with Crippen molar-refractivity contribution in [1.82, 2.24) is 9.97 Å². The van der Waals surface area contributed by atoms with Crippen molar-refractivity contribution in [2.45, 2.75) is 6.42 Å². The molecule has 2 aromatic heterocycles. The molecule has 0 saturated heterocycles. The van der Waals surface area contributed by atoms with Crippen LogP contribution in [0, 0.1) is 0 Å². The van der Waals surface area contributed by atoms with E-state index in [1.807, 2.05) is 24.3 Å². The van der Waals surface area contributed by atoms with Crippen LogP contribution in [0.4, 0.5) is 0 Å². The number of halogens is 2. The van der Waals surface area contributed by atoms with Gasteiger partial charge in [-0.1, -0.05) is 23.2 Å². The van der Waals surface area contributed by atoms with Crippen molar-refractivity contribution in [2.24, 2.45) is 0 Å². The van der Waals surface area contributed by atoms with Gasteiger partial charge < -0.3 is 0 Å². The van der Waals surface area contributed by atoms with Crippen molar-refractivity contribution >= 4 is 29.0 Å². The van der Waals surface area contributed by atoms with Crippen LogP contribution < -0.4 is 0 Å². The summed E-state index contributed by atoms with van der Waals surface area (Å²) in [6.07, 6.45) is 5.37. The lowest BCUT2D eigenvalue weighted by Crippen LogP contribution is -2.05. The molecule has 0 fully saturated rings. The molecule has 0 unspecified atom stereocenters. The maximum atomic E-state index is 12.4. The predicted octanol–water partition coefficient (Wildman–Crippen LogP) is 4.88. The van der Waals surface area contributed by atoms with Gasteiger partial charge in [-0.05, 0) is 53.6 Å². The van der Waals surface area contributed by atoms with Gasteiger partial charge in [0.2, 0.25) is 0 Å². The van der Waals surface area contributed by atoms with Crippen LogP contribution in [0.15, 0.2) is 61.1 Å². The normalized spacial score (nSPS) is 10.5. The molecule has 5 heteroatoms. The summed E-state index contributed by atoms with van der Waals surface area (Å²) in [6.45, 7) is 0. The largest absolute Gasteiger partial charge is 0.294 e. The Bertz CT molecular complexity index is 851. The highest BCUT2D eigenvalue weighted by Gasteiger charge is 2.11. The van der Waals surface area contributed by atoms with E-state index in [0.717, 1.165) is 11.1 Å². The number of pyridine rings is 2. The standard InChI is InChI=1S/C18H12Cl2N2O/c19-16-2-1-14(10-17(16)20)18(23)11-15-9-13(5-8-22-15)12-3-6-21-7-4-12/h1-10H,11H2. The van der Waals surface area contributed by atoms with E-state index in [1.54, 1.807) is 36.8 Å². The first-order valence-corrected chi connectivity index (χ1v) is 7.72. The van der Waals surface area contributed by atoms with Crippen molar-refractivity contribution < 1.29 is 4.79 Å². The number of Topliss-reactive ketones (excluding diaryl/α,β-unsaturated/α-hetero) is 1. The van der Waals surface area contributed by atoms with Gasteiger partial charge >= 0.3 is 0 Å². The van der Waals surface area contributed by atoms with Crippen molar-refractivity contribution in [1.29, 1.82) is 0 Å². The smallest absolute Gasteiger partial charge is 0.168 e. The van der Waals surface area contributed by atoms with Gasteiger partial charge in [-0.2, -0.15) is 0 Å². The fourth-order valence-corrected chi connectivity index (χ4v) is 2.53. The summed E-state index contributed by atoms with van der Waals surface area (Å²) in [5, 5.41) is 0.803. The van der Waals surface area contributed by atoms with Crippen LogP contribution in [0.3, 0.4) is 0 Å². The Hall–Kier alpha value is -2.23. The van der Waals surface area contributed by atoms with E-state index >= 15 is 0 Å². The molecule has 23 heavy (non-hydrogen) atoms. The molecule has 0 atom stereocenters. The number of rotatable bonds is 4. The third-order valence-electron chi connectivity index (χ3n) is 3.41. The summed E-state index contributed by atoms with van der Waals surface area (Å²) in [7, 11) is 0. The molecule has 3 aromatic rings. The molecule has 0 N–H and O–H groups in total. The molecule has 0 saturated carbocycles. The van der Waals surface area contributed by atoms with Crippen molar-refractivity contribution in [3.63, 3.8) is 0 Å². The lowest BCUT2D eigenvalue weighted by molar-refractivity contribution is 0.0992. The van der Waals surface area contributed by atoms with E-state index < -0.39 is 0 Å². The molecular formula is C18H12Cl2N2O. The summed E-state index contributed by atoms with van der Waals surface area (Å²) < 4.78 is 0. The molecule has 0 amide bonds. The van der Waals surface area contributed by atoms with E-state index in [2.05, 4.69) is 9.97 Å². The second-order valence-corrected chi connectivity index (χ2v) is 5.81. The molecule has 3 rings (SSSR count). The SMILES string of the molecule is O=C(Cc1cc(-c2ccncc2)ccn1)c1ccc(Cl)c(Cl)c1. The average Bonchev–Trinajstić information content (AvgIpc) is 2.58. The zero-order valence-corrected chi connectivity index (χ0v) is 13.6. The second kappa shape index (κ2) is 6.90. The first-order chi connectivity index (χ1) is 11.1. The van der Waals surface area contributed by atoms with Gasteiger partial charge in [0.05, 0.1) is 16.5 Å². The molecule has 114 valence electrons. The minimum atomic E-state index is -0.0528. The number of hydrogen-bond acceptors (Lipinski definition) is 3. The lowest BCUT2D eigenvalue weighted by atomic mass is 10.0. The molecule has 1 aromatic carbocycles. The van der Waals surface area contributed by atoms with Gasteiger partial charge in [-0.25, -0.2) is 0 Å². The molecule has 2 heterocycles. The number of ketones is 1. The summed E-state index contributed by atoms with van der Waals surface area (Å²) in [5.74, 6) is -0.0528. The van der Waals surface area contributed by atoms with Gasteiger partial charge in [-0.15, -0.1) is 0 Å². The first kappa shape index (κ1) is 15.7. The van der Waals surface area contributed by atoms with Crippen LogP contribution in [0.25, 0.3) is 11.1 Å². The van der Waals surface area contributed by atoms with Crippen molar-refractivity contribution in [3.05, 3.63) is 82.4 Å². The summed E-state index contributed by atoms with van der Waals surface area (Å²) in [4.78, 5) is 20.7. The fourth-order valence-electron chi connectivity index (χ4n) is 2.23. The maximum Gasteiger partial charge on any atom is 0.168 e. The van der Waals surface area contributed by atoms with Crippen molar-refractivity contribution in [3.8, 4) is 11.1 Å². The van der Waals surface area contributed by atoms with E-state index in [1.165, 1.54) is 0 Å². The Kier molecular flexibility index (Phi) is 4.70. The minimum Gasteiger partial charge on any atom is -0.294 e. The van der Waals surface area contributed by atoms with Gasteiger partial charge in [0.25, 0.3) is 0 Å². The molecule has 0 spiro atoms. The number of nitrogens with zero attached hydrogens (tertiary/aromatic N) is 2. The predicted molar refractivity (Wildman–Crippen MR) is 92.0 cm³/mol. The third-order valence-corrected chi connectivity index (χ3v) is 4.15. The third kappa shape index (κ3) is 3.76. The Morgan fingerprint density at radius 3 is 2.35 bits per heavy atom. The van der Waals surface area contributed by atoms with Crippen LogP contribution in [0.5, 0.6) is 0 Å². The van der Waals surface area contributed by atoms with Gasteiger partial charge in [0.15, 0.2) is 5.78 Å². The van der Waals surface area contributed by atoms with E-state index in [0.29, 0.717) is 21.3 Å². The first-order valence-electron chi connectivity index (χ1n) is 6.97. The molecular weight excluding hydrogens is 331 g/mol. The average molecular weight is 343 g/mol. The Morgan fingerprint density at radius 1 is 0.870 bits per heavy atom. The number of aromatic nitrogens is 2. The van der Waals surface area contributed by atoms with E-state index in [9.17, 15) is 4.79 Å². The van der Waals surface area contributed by atoms with Gasteiger partial charge in [-0.3, -0.25) is 14.8 Å². The monoisotopic (exact) mass is 342 g/mol. The minimum absolute atomic E-state index is 0.0528. The second-order valence-electron chi connectivity index (χ2n) is 5.00. The Morgan fingerprint density at radius 2 is 1.61 bits per heavy atom. The van der Waals surface area contributed by atoms with Crippen LogP contribution in [-0.2, 0) is 6.42 Å². The molecule has 3 nitrogen and oxygen atoms in total. The van der Waals surface area contributed by atoms with Crippen LogP contribution in [-0.4, -0.2) is 15.8 Å². The van der Waals surface area contributed by atoms with Gasteiger partial charge in [0, 0.05) is 29.8 Å². The topological polar surface area (TPSA) is 42.9 Å². The highest BCUT2D eigenvalue weighted by molar-refractivity contribution is 6.42. The number of benzene rings is 1. The summed E-state index contributed by atoms with van der Waals surface area (Å²) in [6, 6.07) is 12.5. The van der Waals surface area contributed by atoms with Crippen LogP contribution in [0.2, 0.25) is 10.0 Å². The zero-order chi connectivity index (χ0) is 16.2. The fraction of sp³-hybridized carbons (Fsp3) is 0.0556. The maximum absolute atomic E-state index is 12.4. The van der Waals surface area contributed by atoms with Crippen molar-refractivity contribution in [2.75, 3.05) is 0 Å².